The minimum absolute atomic E-state index is 0.0203. The van der Waals surface area contributed by atoms with Crippen molar-refractivity contribution in [2.45, 2.75) is 38.3 Å². The molecule has 2 nitrogen and oxygen atoms in total. The first-order valence-corrected chi connectivity index (χ1v) is 7.07. The molecule has 0 spiro atoms. The molecule has 1 heterocycles. The number of piperidine rings is 1. The highest BCUT2D eigenvalue weighted by Gasteiger charge is 2.36. The van der Waals surface area contributed by atoms with E-state index in [0.29, 0.717) is 17.9 Å². The fraction of sp³-hybridized carbons (Fsp3) is 0.600. The Hall–Kier alpha value is -1.23. The summed E-state index contributed by atoms with van der Waals surface area (Å²) < 4.78 is 45.0. The van der Waals surface area contributed by atoms with E-state index < -0.39 is 11.7 Å². The molecule has 0 saturated carbocycles. The van der Waals surface area contributed by atoms with Crippen molar-refractivity contribution in [2.75, 3.05) is 19.7 Å². The Kier molecular flexibility index (Phi) is 4.91. The van der Waals surface area contributed by atoms with Crippen molar-refractivity contribution < 1.29 is 17.9 Å². The van der Waals surface area contributed by atoms with Gasteiger partial charge in [-0.15, -0.1) is 0 Å². The lowest BCUT2D eigenvalue weighted by Gasteiger charge is -2.26. The minimum Gasteiger partial charge on any atom is -0.494 e. The molecule has 0 amide bonds. The van der Waals surface area contributed by atoms with Gasteiger partial charge in [0.1, 0.15) is 5.75 Å². The molecule has 0 aromatic heterocycles. The fourth-order valence-electron chi connectivity index (χ4n) is 2.58. The molecule has 0 radical (unpaired) electrons. The molecule has 0 bridgehead atoms. The predicted octanol–water partition coefficient (Wildman–Crippen LogP) is 3.96. The summed E-state index contributed by atoms with van der Waals surface area (Å²) in [5.74, 6) is 0.282. The SMILES string of the molecule is CCCOc1ccc(C2CCNCC2)c(C(F)(F)F)c1. The third-order valence-electron chi connectivity index (χ3n) is 3.58. The smallest absolute Gasteiger partial charge is 0.416 e. The first-order valence-electron chi connectivity index (χ1n) is 7.07. The van der Waals surface area contributed by atoms with E-state index in [4.69, 9.17) is 4.74 Å². The second-order valence-electron chi connectivity index (χ2n) is 5.12. The molecule has 1 N–H and O–H groups in total. The lowest BCUT2D eigenvalue weighted by Crippen LogP contribution is -2.27. The normalized spacial score (nSPS) is 17.2. The molecule has 112 valence electrons. The molecule has 0 aliphatic carbocycles. The maximum atomic E-state index is 13.2. The molecule has 0 atom stereocenters. The van der Waals surface area contributed by atoms with Crippen LogP contribution in [0.2, 0.25) is 0 Å². The van der Waals surface area contributed by atoms with Crippen LogP contribution in [0.25, 0.3) is 0 Å². The second kappa shape index (κ2) is 6.48. The molecule has 20 heavy (non-hydrogen) atoms. The average molecular weight is 287 g/mol. The molecule has 0 unspecified atom stereocenters. The summed E-state index contributed by atoms with van der Waals surface area (Å²) in [5, 5.41) is 3.18. The average Bonchev–Trinajstić information content (AvgIpc) is 2.45. The standard InChI is InChI=1S/C15H20F3NO/c1-2-9-20-12-3-4-13(11-5-7-19-8-6-11)14(10-12)15(16,17)18/h3-4,10-11,19H,2,5-9H2,1H3. The van der Waals surface area contributed by atoms with Gasteiger partial charge in [-0.2, -0.15) is 13.2 Å². The minimum atomic E-state index is -4.33. The summed E-state index contributed by atoms with van der Waals surface area (Å²) in [7, 11) is 0. The van der Waals surface area contributed by atoms with Gasteiger partial charge in [-0.3, -0.25) is 0 Å². The van der Waals surface area contributed by atoms with Crippen LogP contribution in [0.1, 0.15) is 43.2 Å². The van der Waals surface area contributed by atoms with Gasteiger partial charge in [0, 0.05) is 0 Å². The Labute approximate surface area is 117 Å². The van der Waals surface area contributed by atoms with E-state index in [9.17, 15) is 13.2 Å². The van der Waals surface area contributed by atoms with Crippen molar-refractivity contribution in [1.82, 2.24) is 5.32 Å². The molecular formula is C15H20F3NO. The van der Waals surface area contributed by atoms with Gasteiger partial charge in [-0.1, -0.05) is 13.0 Å². The van der Waals surface area contributed by atoms with E-state index in [1.165, 1.54) is 0 Å². The second-order valence-corrected chi connectivity index (χ2v) is 5.12. The molecule has 5 heteroatoms. The topological polar surface area (TPSA) is 21.3 Å². The summed E-state index contributed by atoms with van der Waals surface area (Å²) in [6.45, 7) is 3.91. The van der Waals surface area contributed by atoms with Gasteiger partial charge < -0.3 is 10.1 Å². The van der Waals surface area contributed by atoms with Gasteiger partial charge in [0.15, 0.2) is 0 Å². The van der Waals surface area contributed by atoms with Crippen LogP contribution in [-0.4, -0.2) is 19.7 Å². The van der Waals surface area contributed by atoms with E-state index >= 15 is 0 Å². The predicted molar refractivity (Wildman–Crippen MR) is 72.1 cm³/mol. The van der Waals surface area contributed by atoms with E-state index in [1.807, 2.05) is 6.92 Å². The van der Waals surface area contributed by atoms with Gasteiger partial charge in [0.2, 0.25) is 0 Å². The van der Waals surface area contributed by atoms with Crippen molar-refractivity contribution in [1.29, 1.82) is 0 Å². The number of rotatable bonds is 4. The Bertz CT molecular complexity index is 439. The zero-order valence-electron chi connectivity index (χ0n) is 11.6. The van der Waals surface area contributed by atoms with Crippen LogP contribution in [0.3, 0.4) is 0 Å². The number of hydrogen-bond donors (Lipinski definition) is 1. The maximum absolute atomic E-state index is 13.2. The van der Waals surface area contributed by atoms with Crippen molar-refractivity contribution in [3.8, 4) is 5.75 Å². The lowest BCUT2D eigenvalue weighted by molar-refractivity contribution is -0.138. The monoisotopic (exact) mass is 287 g/mol. The van der Waals surface area contributed by atoms with Crippen LogP contribution in [0.4, 0.5) is 13.2 Å². The van der Waals surface area contributed by atoms with Gasteiger partial charge in [-0.05, 0) is 56.0 Å². The Balaban J connectivity index is 2.30. The summed E-state index contributed by atoms with van der Waals surface area (Å²) >= 11 is 0. The van der Waals surface area contributed by atoms with Gasteiger partial charge in [-0.25, -0.2) is 0 Å². The molecule has 1 fully saturated rings. The number of benzene rings is 1. The molecule has 1 aliphatic rings. The van der Waals surface area contributed by atoms with Gasteiger partial charge >= 0.3 is 6.18 Å². The zero-order chi connectivity index (χ0) is 14.6. The van der Waals surface area contributed by atoms with Crippen LogP contribution in [0.5, 0.6) is 5.75 Å². The number of hydrogen-bond acceptors (Lipinski definition) is 2. The molecule has 1 aliphatic heterocycles. The Morgan fingerprint density at radius 1 is 1.25 bits per heavy atom. The fourth-order valence-corrected chi connectivity index (χ4v) is 2.58. The van der Waals surface area contributed by atoms with Crippen LogP contribution in [0.15, 0.2) is 18.2 Å². The first kappa shape index (κ1) is 15.2. The molecule has 2 rings (SSSR count). The number of ether oxygens (including phenoxy) is 1. The number of alkyl halides is 3. The Morgan fingerprint density at radius 3 is 2.55 bits per heavy atom. The third kappa shape index (κ3) is 3.66. The summed E-state index contributed by atoms with van der Waals surface area (Å²) in [6.07, 6.45) is -2.06. The number of nitrogens with one attached hydrogen (secondary N) is 1. The molecule has 1 aromatic rings. The van der Waals surface area contributed by atoms with Crippen LogP contribution in [0, 0.1) is 0 Å². The molecular weight excluding hydrogens is 267 g/mol. The van der Waals surface area contributed by atoms with E-state index in [1.54, 1.807) is 12.1 Å². The highest BCUT2D eigenvalue weighted by molar-refractivity contribution is 5.40. The largest absolute Gasteiger partial charge is 0.494 e. The van der Waals surface area contributed by atoms with Gasteiger partial charge in [0.05, 0.1) is 12.2 Å². The van der Waals surface area contributed by atoms with Crippen molar-refractivity contribution in [3.63, 3.8) is 0 Å². The first-order chi connectivity index (χ1) is 9.52. The van der Waals surface area contributed by atoms with E-state index in [2.05, 4.69) is 5.32 Å². The van der Waals surface area contributed by atoms with Crippen molar-refractivity contribution in [3.05, 3.63) is 29.3 Å². The van der Waals surface area contributed by atoms with Crippen LogP contribution < -0.4 is 10.1 Å². The van der Waals surface area contributed by atoms with Crippen LogP contribution in [-0.2, 0) is 6.18 Å². The molecule has 1 saturated heterocycles. The lowest BCUT2D eigenvalue weighted by atomic mass is 9.87. The van der Waals surface area contributed by atoms with Crippen molar-refractivity contribution in [2.24, 2.45) is 0 Å². The van der Waals surface area contributed by atoms with Crippen LogP contribution >= 0.6 is 0 Å². The summed E-state index contributed by atoms with van der Waals surface area (Å²) in [6, 6.07) is 4.39. The van der Waals surface area contributed by atoms with E-state index in [-0.39, 0.29) is 5.92 Å². The van der Waals surface area contributed by atoms with Crippen molar-refractivity contribution >= 4 is 0 Å². The highest BCUT2D eigenvalue weighted by Crippen LogP contribution is 2.39. The third-order valence-corrected chi connectivity index (χ3v) is 3.58. The highest BCUT2D eigenvalue weighted by atomic mass is 19.4. The zero-order valence-corrected chi connectivity index (χ0v) is 11.6. The number of halogens is 3. The van der Waals surface area contributed by atoms with E-state index in [0.717, 1.165) is 38.4 Å². The summed E-state index contributed by atoms with van der Waals surface area (Å²) in [5.41, 5.74) is -0.138. The molecule has 1 aromatic carbocycles. The van der Waals surface area contributed by atoms with Gasteiger partial charge in [0.25, 0.3) is 0 Å². The maximum Gasteiger partial charge on any atom is 0.416 e. The Morgan fingerprint density at radius 2 is 1.95 bits per heavy atom. The quantitative estimate of drug-likeness (QED) is 0.905. The summed E-state index contributed by atoms with van der Waals surface area (Å²) in [4.78, 5) is 0.